The van der Waals surface area contributed by atoms with Crippen LogP contribution in [-0.2, 0) is 0 Å². The average molecular weight is 201 g/mol. The molecule has 0 unspecified atom stereocenters. The van der Waals surface area contributed by atoms with Crippen LogP contribution in [0, 0.1) is 6.42 Å². The van der Waals surface area contributed by atoms with Gasteiger partial charge in [0, 0.05) is 0 Å². The molecule has 0 aliphatic heterocycles. The molecule has 0 aromatic heterocycles. The maximum Gasteiger partial charge on any atom is -0.0124 e. The molecule has 0 saturated heterocycles. The van der Waals surface area contributed by atoms with E-state index in [9.17, 15) is 0 Å². The number of rotatable bonds is 6. The summed E-state index contributed by atoms with van der Waals surface area (Å²) in [6.45, 7) is 4.31. The van der Waals surface area contributed by atoms with Crippen molar-refractivity contribution in [2.24, 2.45) is 0 Å². The molecule has 0 fully saturated rings. The van der Waals surface area contributed by atoms with E-state index >= 15 is 0 Å². The zero-order valence-electron chi connectivity index (χ0n) is 9.87. The van der Waals surface area contributed by atoms with Crippen LogP contribution in [0.4, 0.5) is 0 Å². The second-order valence-corrected chi connectivity index (χ2v) is 3.86. The summed E-state index contributed by atoms with van der Waals surface area (Å²) in [5, 5.41) is 0. The molecular formula is C15H21. The third-order valence-corrected chi connectivity index (χ3v) is 2.53. The van der Waals surface area contributed by atoms with Crippen LogP contribution in [0.2, 0.25) is 0 Å². The summed E-state index contributed by atoms with van der Waals surface area (Å²) in [5.74, 6) is 0. The van der Waals surface area contributed by atoms with Crippen LogP contribution in [0.15, 0.2) is 30.3 Å². The van der Waals surface area contributed by atoms with E-state index in [1.54, 1.807) is 0 Å². The normalized spacial score (nSPS) is 11.1. The summed E-state index contributed by atoms with van der Waals surface area (Å²) >= 11 is 0. The van der Waals surface area contributed by atoms with E-state index < -0.39 is 0 Å². The Bertz CT molecular complexity index is 297. The number of allylic oxidation sites excluding steroid dienone is 1. The van der Waals surface area contributed by atoms with Crippen LogP contribution >= 0.6 is 0 Å². The Labute approximate surface area is 94.0 Å². The number of hydrogen-bond donors (Lipinski definition) is 0. The highest BCUT2D eigenvalue weighted by Gasteiger charge is 1.90. The second kappa shape index (κ2) is 7.28. The summed E-state index contributed by atoms with van der Waals surface area (Å²) in [6.07, 6.45) is 11.8. The topological polar surface area (TPSA) is 0 Å². The van der Waals surface area contributed by atoms with Crippen LogP contribution in [0.3, 0.4) is 0 Å². The molecular weight excluding hydrogens is 180 g/mol. The molecule has 0 heteroatoms. The monoisotopic (exact) mass is 201 g/mol. The quantitative estimate of drug-likeness (QED) is 0.577. The molecule has 0 spiro atoms. The first-order chi connectivity index (χ1) is 7.36. The van der Waals surface area contributed by atoms with Crippen molar-refractivity contribution in [3.8, 4) is 0 Å². The van der Waals surface area contributed by atoms with Gasteiger partial charge in [-0.15, -0.1) is 0 Å². The van der Waals surface area contributed by atoms with Crippen LogP contribution in [0.1, 0.15) is 50.7 Å². The van der Waals surface area contributed by atoms with Crippen LogP contribution in [0.5, 0.6) is 0 Å². The van der Waals surface area contributed by atoms with Crippen molar-refractivity contribution in [2.45, 2.75) is 39.5 Å². The molecule has 0 saturated carbocycles. The Hall–Kier alpha value is -1.04. The highest BCUT2D eigenvalue weighted by molar-refractivity contribution is 5.51. The third-order valence-electron chi connectivity index (χ3n) is 2.53. The van der Waals surface area contributed by atoms with Gasteiger partial charge in [-0.25, -0.2) is 0 Å². The predicted octanol–water partition coefficient (Wildman–Crippen LogP) is 4.85. The van der Waals surface area contributed by atoms with Gasteiger partial charge in [0.2, 0.25) is 0 Å². The maximum atomic E-state index is 2.28. The van der Waals surface area contributed by atoms with Gasteiger partial charge in [0.1, 0.15) is 0 Å². The van der Waals surface area contributed by atoms with Gasteiger partial charge >= 0.3 is 0 Å². The first kappa shape index (κ1) is 12.0. The average Bonchev–Trinajstić information content (AvgIpc) is 2.29. The molecule has 1 aromatic carbocycles. The lowest BCUT2D eigenvalue weighted by molar-refractivity contribution is 0.730. The summed E-state index contributed by atoms with van der Waals surface area (Å²) in [4.78, 5) is 0. The van der Waals surface area contributed by atoms with Gasteiger partial charge in [-0.3, -0.25) is 0 Å². The van der Waals surface area contributed by atoms with Gasteiger partial charge in [-0.2, -0.15) is 0 Å². The molecule has 0 aliphatic rings. The van der Waals surface area contributed by atoms with Crippen molar-refractivity contribution in [1.29, 1.82) is 0 Å². The first-order valence-electron chi connectivity index (χ1n) is 5.92. The van der Waals surface area contributed by atoms with Gasteiger partial charge in [0.15, 0.2) is 0 Å². The minimum absolute atomic E-state index is 1.20. The van der Waals surface area contributed by atoms with Crippen molar-refractivity contribution >= 4 is 6.08 Å². The van der Waals surface area contributed by atoms with Crippen LogP contribution < -0.4 is 0 Å². The largest absolute Gasteiger partial charge is 0.0839 e. The molecule has 0 amide bonds. The highest BCUT2D eigenvalue weighted by Crippen LogP contribution is 2.10. The van der Waals surface area contributed by atoms with Crippen molar-refractivity contribution in [1.82, 2.24) is 0 Å². The van der Waals surface area contributed by atoms with E-state index in [1.807, 2.05) is 0 Å². The van der Waals surface area contributed by atoms with Crippen LogP contribution in [-0.4, -0.2) is 0 Å². The van der Waals surface area contributed by atoms with E-state index in [-0.39, 0.29) is 0 Å². The first-order valence-corrected chi connectivity index (χ1v) is 5.92. The summed E-state index contributed by atoms with van der Waals surface area (Å²) < 4.78 is 0. The Morgan fingerprint density at radius 1 is 1.13 bits per heavy atom. The van der Waals surface area contributed by atoms with Gasteiger partial charge in [0.05, 0.1) is 0 Å². The van der Waals surface area contributed by atoms with Crippen molar-refractivity contribution < 1.29 is 0 Å². The molecule has 0 aliphatic carbocycles. The predicted molar refractivity (Wildman–Crippen MR) is 68.7 cm³/mol. The molecule has 1 rings (SSSR count). The SMILES string of the molecule is C[CH]c1cccc(/C=C/CCCCC)c1. The molecule has 0 bridgehead atoms. The van der Waals surface area contributed by atoms with Crippen molar-refractivity contribution in [3.63, 3.8) is 0 Å². The van der Waals surface area contributed by atoms with E-state index in [2.05, 4.69) is 56.7 Å². The maximum absolute atomic E-state index is 2.28. The van der Waals surface area contributed by atoms with E-state index in [1.165, 1.54) is 36.8 Å². The molecule has 0 N–H and O–H groups in total. The fourth-order valence-electron chi connectivity index (χ4n) is 1.57. The minimum Gasteiger partial charge on any atom is -0.0839 e. The van der Waals surface area contributed by atoms with E-state index in [0.717, 1.165) is 0 Å². The molecule has 1 radical (unpaired) electrons. The van der Waals surface area contributed by atoms with E-state index in [4.69, 9.17) is 0 Å². The van der Waals surface area contributed by atoms with Gasteiger partial charge in [-0.1, -0.05) is 63.1 Å². The standard InChI is InChI=1S/C15H21/c1-3-5-6-7-8-10-15-12-9-11-14(4-2)13-15/h4,8-13H,3,5-7H2,1-2H3/b10-8+. The molecule has 1 aromatic rings. The molecule has 0 heterocycles. The van der Waals surface area contributed by atoms with Gasteiger partial charge < -0.3 is 0 Å². The smallest absolute Gasteiger partial charge is 0.0124 e. The summed E-state index contributed by atoms with van der Waals surface area (Å²) in [7, 11) is 0. The van der Waals surface area contributed by atoms with Crippen molar-refractivity contribution in [3.05, 3.63) is 47.9 Å². The second-order valence-electron chi connectivity index (χ2n) is 3.86. The fourth-order valence-corrected chi connectivity index (χ4v) is 1.57. The molecule has 81 valence electrons. The number of unbranched alkanes of at least 4 members (excludes halogenated alkanes) is 3. The Kier molecular flexibility index (Phi) is 5.84. The Balaban J connectivity index is 2.41. The zero-order valence-corrected chi connectivity index (χ0v) is 9.87. The molecule has 15 heavy (non-hydrogen) atoms. The summed E-state index contributed by atoms with van der Waals surface area (Å²) in [5.41, 5.74) is 2.60. The van der Waals surface area contributed by atoms with Gasteiger partial charge in [0.25, 0.3) is 0 Å². The lowest BCUT2D eigenvalue weighted by Crippen LogP contribution is -1.78. The number of hydrogen-bond acceptors (Lipinski definition) is 0. The number of benzene rings is 1. The van der Waals surface area contributed by atoms with E-state index in [0.29, 0.717) is 0 Å². The zero-order chi connectivity index (χ0) is 10.9. The minimum atomic E-state index is 1.20. The van der Waals surface area contributed by atoms with Gasteiger partial charge in [-0.05, 0) is 30.4 Å². The Morgan fingerprint density at radius 3 is 2.67 bits per heavy atom. The molecule has 0 nitrogen and oxygen atoms in total. The lowest BCUT2D eigenvalue weighted by Gasteiger charge is -1.98. The van der Waals surface area contributed by atoms with Crippen molar-refractivity contribution in [2.75, 3.05) is 0 Å². The fraction of sp³-hybridized carbons (Fsp3) is 0.400. The lowest BCUT2D eigenvalue weighted by atomic mass is 10.1. The highest BCUT2D eigenvalue weighted by atomic mass is 14.0. The third kappa shape index (κ3) is 4.83. The van der Waals surface area contributed by atoms with Crippen LogP contribution in [0.25, 0.3) is 6.08 Å². The Morgan fingerprint density at radius 2 is 1.93 bits per heavy atom. The molecule has 0 atom stereocenters. The summed E-state index contributed by atoms with van der Waals surface area (Å²) in [6, 6.07) is 8.62.